The summed E-state index contributed by atoms with van der Waals surface area (Å²) in [7, 11) is 0. The molecule has 0 amide bonds. The molecule has 17 heavy (non-hydrogen) atoms. The summed E-state index contributed by atoms with van der Waals surface area (Å²) in [5.41, 5.74) is 1.15. The van der Waals surface area contributed by atoms with Crippen molar-refractivity contribution in [2.45, 2.75) is 26.2 Å². The third kappa shape index (κ3) is 1.84. The van der Waals surface area contributed by atoms with Crippen molar-refractivity contribution in [3.63, 3.8) is 0 Å². The van der Waals surface area contributed by atoms with Gasteiger partial charge in [-0.3, -0.25) is 4.79 Å². The zero-order valence-electron chi connectivity index (χ0n) is 9.60. The molecule has 1 aromatic carbocycles. The normalized spacial score (nSPS) is 12.8. The lowest BCUT2D eigenvalue weighted by Crippen LogP contribution is -2.10. The van der Waals surface area contributed by atoms with E-state index < -0.39 is 11.9 Å². The second kappa shape index (κ2) is 4.08. The number of hydrogen-bond acceptors (Lipinski definition) is 4. The highest BCUT2D eigenvalue weighted by Crippen LogP contribution is 2.35. The van der Waals surface area contributed by atoms with E-state index in [9.17, 15) is 9.90 Å². The lowest BCUT2D eigenvalue weighted by atomic mass is 9.95. The minimum Gasteiger partial charge on any atom is -0.504 e. The lowest BCUT2D eigenvalue weighted by molar-refractivity contribution is -0.138. The number of phenols is 1. The number of carboxylic acid groups (broad SMARTS) is 1. The Morgan fingerprint density at radius 3 is 2.82 bits per heavy atom. The largest absolute Gasteiger partial charge is 0.504 e. The molecule has 0 radical (unpaired) electrons. The van der Waals surface area contributed by atoms with E-state index in [0.717, 1.165) is 0 Å². The van der Waals surface area contributed by atoms with Crippen molar-refractivity contribution in [2.24, 2.45) is 0 Å². The molecule has 2 aromatic rings. The first-order valence-electron chi connectivity index (χ1n) is 5.36. The average molecular weight is 235 g/mol. The van der Waals surface area contributed by atoms with Gasteiger partial charge >= 0.3 is 5.97 Å². The number of nitrogens with zero attached hydrogens (tertiary/aromatic N) is 1. The van der Waals surface area contributed by atoms with Gasteiger partial charge in [0.25, 0.3) is 0 Å². The number of benzene rings is 1. The molecule has 5 heteroatoms. The number of fused-ring (bicyclic) bond motifs is 1. The van der Waals surface area contributed by atoms with E-state index >= 15 is 0 Å². The first-order valence-corrected chi connectivity index (χ1v) is 5.36. The fraction of sp³-hybridized carbons (Fsp3) is 0.333. The van der Waals surface area contributed by atoms with Crippen molar-refractivity contribution in [3.8, 4) is 5.75 Å². The second-order valence-electron chi connectivity index (χ2n) is 3.88. The van der Waals surface area contributed by atoms with E-state index in [0.29, 0.717) is 23.4 Å². The first kappa shape index (κ1) is 11.4. The van der Waals surface area contributed by atoms with Crippen molar-refractivity contribution in [1.29, 1.82) is 0 Å². The quantitative estimate of drug-likeness (QED) is 0.853. The highest BCUT2D eigenvalue weighted by atomic mass is 16.4. The summed E-state index contributed by atoms with van der Waals surface area (Å²) in [6.07, 6.45) is 0.404. The van der Waals surface area contributed by atoms with Gasteiger partial charge in [0.1, 0.15) is 5.52 Å². The Bertz CT molecular complexity index is 573. The van der Waals surface area contributed by atoms with Crippen LogP contribution >= 0.6 is 0 Å². The van der Waals surface area contributed by atoms with Gasteiger partial charge in [0.05, 0.1) is 5.92 Å². The van der Waals surface area contributed by atoms with Crippen molar-refractivity contribution in [1.82, 2.24) is 4.98 Å². The maximum absolute atomic E-state index is 11.1. The lowest BCUT2D eigenvalue weighted by Gasteiger charge is -2.11. The summed E-state index contributed by atoms with van der Waals surface area (Å²) in [4.78, 5) is 15.1. The van der Waals surface area contributed by atoms with Crippen LogP contribution in [0.4, 0.5) is 0 Å². The number of carbonyl (C=O) groups is 1. The van der Waals surface area contributed by atoms with Crippen LogP contribution in [0.15, 0.2) is 16.5 Å². The fourth-order valence-corrected chi connectivity index (χ4v) is 1.91. The van der Waals surface area contributed by atoms with Gasteiger partial charge in [-0.15, -0.1) is 0 Å². The van der Waals surface area contributed by atoms with Crippen LogP contribution in [0.5, 0.6) is 5.75 Å². The van der Waals surface area contributed by atoms with Gasteiger partial charge in [0.2, 0.25) is 0 Å². The fourth-order valence-electron chi connectivity index (χ4n) is 1.91. The Morgan fingerprint density at radius 2 is 2.24 bits per heavy atom. The van der Waals surface area contributed by atoms with Crippen molar-refractivity contribution >= 4 is 17.1 Å². The SMILES string of the molecule is CCC(C(=O)O)c1ccc2nc(C)oc2c1O. The molecule has 0 fully saturated rings. The number of aryl methyl sites for hydroxylation is 1. The third-order valence-corrected chi connectivity index (χ3v) is 2.75. The van der Waals surface area contributed by atoms with Crippen LogP contribution in [-0.4, -0.2) is 21.2 Å². The van der Waals surface area contributed by atoms with Crippen LogP contribution in [0.25, 0.3) is 11.1 Å². The topological polar surface area (TPSA) is 83.6 Å². The smallest absolute Gasteiger partial charge is 0.311 e. The van der Waals surface area contributed by atoms with Gasteiger partial charge in [-0.05, 0) is 12.5 Å². The summed E-state index contributed by atoms with van der Waals surface area (Å²) in [5, 5.41) is 19.1. The molecular formula is C12H13NO4. The molecule has 0 aliphatic heterocycles. The maximum atomic E-state index is 11.1. The summed E-state index contributed by atoms with van der Waals surface area (Å²) in [6, 6.07) is 3.24. The molecule has 5 nitrogen and oxygen atoms in total. The van der Waals surface area contributed by atoms with Crippen LogP contribution in [0.1, 0.15) is 30.7 Å². The van der Waals surface area contributed by atoms with Crippen LogP contribution in [0.3, 0.4) is 0 Å². The highest BCUT2D eigenvalue weighted by molar-refractivity contribution is 5.85. The molecule has 2 N–H and O–H groups in total. The third-order valence-electron chi connectivity index (χ3n) is 2.75. The Balaban J connectivity index is 2.62. The Kier molecular flexibility index (Phi) is 2.75. The van der Waals surface area contributed by atoms with Gasteiger partial charge < -0.3 is 14.6 Å². The monoisotopic (exact) mass is 235 g/mol. The molecule has 1 aromatic heterocycles. The zero-order valence-corrected chi connectivity index (χ0v) is 9.60. The second-order valence-corrected chi connectivity index (χ2v) is 3.88. The van der Waals surface area contributed by atoms with E-state index in [-0.39, 0.29) is 11.3 Å². The van der Waals surface area contributed by atoms with Gasteiger partial charge in [-0.1, -0.05) is 13.0 Å². The van der Waals surface area contributed by atoms with Gasteiger partial charge in [-0.2, -0.15) is 0 Å². The molecule has 1 heterocycles. The Hall–Kier alpha value is -2.04. The van der Waals surface area contributed by atoms with Crippen molar-refractivity contribution in [3.05, 3.63) is 23.6 Å². The number of hydrogen-bond donors (Lipinski definition) is 2. The molecule has 90 valence electrons. The zero-order chi connectivity index (χ0) is 12.6. The molecule has 0 bridgehead atoms. The van der Waals surface area contributed by atoms with Crippen molar-refractivity contribution in [2.75, 3.05) is 0 Å². The molecule has 0 aliphatic rings. The van der Waals surface area contributed by atoms with Gasteiger partial charge in [0, 0.05) is 12.5 Å². The standard InChI is InChI=1S/C12H13NO4/c1-3-7(12(15)16)8-4-5-9-11(10(8)14)17-6(2)13-9/h4-5,7,14H,3H2,1-2H3,(H,15,16). The average Bonchev–Trinajstić information content (AvgIpc) is 2.64. The summed E-state index contributed by atoms with van der Waals surface area (Å²) >= 11 is 0. The Labute approximate surface area is 97.7 Å². The number of carboxylic acids is 1. The minimum atomic E-state index is -0.960. The van der Waals surface area contributed by atoms with E-state index in [2.05, 4.69) is 4.98 Å². The predicted octanol–water partition coefficient (Wildman–Crippen LogP) is 2.42. The van der Waals surface area contributed by atoms with Crippen LogP contribution in [-0.2, 0) is 4.79 Å². The number of phenolic OH excluding ortho intramolecular Hbond substituents is 1. The maximum Gasteiger partial charge on any atom is 0.311 e. The van der Waals surface area contributed by atoms with Crippen molar-refractivity contribution < 1.29 is 19.4 Å². The van der Waals surface area contributed by atoms with E-state index in [1.807, 2.05) is 0 Å². The number of rotatable bonds is 3. The first-order chi connectivity index (χ1) is 8.04. The number of aliphatic carboxylic acids is 1. The van der Waals surface area contributed by atoms with Gasteiger partial charge in [0.15, 0.2) is 17.2 Å². The molecule has 1 unspecified atom stereocenters. The van der Waals surface area contributed by atoms with E-state index in [4.69, 9.17) is 9.52 Å². The highest BCUT2D eigenvalue weighted by Gasteiger charge is 2.23. The number of aromatic nitrogens is 1. The molecular weight excluding hydrogens is 222 g/mol. The van der Waals surface area contributed by atoms with E-state index in [1.54, 1.807) is 26.0 Å². The molecule has 2 rings (SSSR count). The molecule has 0 spiro atoms. The summed E-state index contributed by atoms with van der Waals surface area (Å²) in [6.45, 7) is 3.43. The number of oxazole rings is 1. The van der Waals surface area contributed by atoms with Crippen LogP contribution < -0.4 is 0 Å². The molecule has 1 atom stereocenters. The Morgan fingerprint density at radius 1 is 1.53 bits per heavy atom. The summed E-state index contributed by atoms with van der Waals surface area (Å²) in [5.74, 6) is -1.38. The van der Waals surface area contributed by atoms with Crippen LogP contribution in [0, 0.1) is 6.92 Å². The summed E-state index contributed by atoms with van der Waals surface area (Å²) < 4.78 is 5.26. The predicted molar refractivity (Wildman–Crippen MR) is 61.1 cm³/mol. The minimum absolute atomic E-state index is 0.127. The molecule has 0 aliphatic carbocycles. The van der Waals surface area contributed by atoms with Crippen LogP contribution in [0.2, 0.25) is 0 Å². The van der Waals surface area contributed by atoms with E-state index in [1.165, 1.54) is 0 Å². The van der Waals surface area contributed by atoms with Gasteiger partial charge in [-0.25, -0.2) is 4.98 Å². The molecule has 0 saturated carbocycles. The number of aromatic hydroxyl groups is 1. The molecule has 0 saturated heterocycles.